The van der Waals surface area contributed by atoms with Gasteiger partial charge in [-0.25, -0.2) is 0 Å². The molecule has 0 amide bonds. The second-order valence-corrected chi connectivity index (χ2v) is 5.05. The van der Waals surface area contributed by atoms with Crippen LogP contribution < -0.4 is 5.73 Å². The number of nitrogens with zero attached hydrogens (tertiary/aromatic N) is 2. The lowest BCUT2D eigenvalue weighted by molar-refractivity contribution is 0.937. The Morgan fingerprint density at radius 1 is 1.06 bits per heavy atom. The molecule has 1 aromatic heterocycles. The number of rotatable bonds is 2. The molecule has 5 heteroatoms. The van der Waals surface area contributed by atoms with Crippen molar-refractivity contribution < 1.29 is 0 Å². The van der Waals surface area contributed by atoms with Crippen LogP contribution in [0.15, 0.2) is 39.3 Å². The second kappa shape index (κ2) is 4.93. The van der Waals surface area contributed by atoms with Crippen molar-refractivity contribution in [2.75, 3.05) is 5.73 Å². The molecule has 0 unspecified atom stereocenters. The number of hydrogen-bond donors (Lipinski definition) is 1. The molecule has 0 atom stereocenters. The molecule has 0 aliphatic heterocycles. The van der Waals surface area contributed by atoms with Crippen molar-refractivity contribution in [1.82, 2.24) is 10.2 Å². The SMILES string of the molecule is Nc1nnc(Cc2ccccc2Br)cc1Br. The lowest BCUT2D eigenvalue weighted by atomic mass is 10.1. The number of nitrogens with two attached hydrogens (primary N) is 1. The van der Waals surface area contributed by atoms with Crippen LogP contribution in [0.5, 0.6) is 0 Å². The Kier molecular flexibility index (Phi) is 3.56. The summed E-state index contributed by atoms with van der Waals surface area (Å²) in [6, 6.07) is 9.94. The van der Waals surface area contributed by atoms with Crippen LogP contribution in [0.2, 0.25) is 0 Å². The first-order valence-electron chi connectivity index (χ1n) is 4.68. The third kappa shape index (κ3) is 2.59. The zero-order valence-electron chi connectivity index (χ0n) is 8.32. The summed E-state index contributed by atoms with van der Waals surface area (Å²) in [7, 11) is 0. The van der Waals surface area contributed by atoms with E-state index in [0.717, 1.165) is 21.1 Å². The van der Waals surface area contributed by atoms with Crippen molar-refractivity contribution >= 4 is 37.7 Å². The van der Waals surface area contributed by atoms with Crippen LogP contribution in [0, 0.1) is 0 Å². The van der Waals surface area contributed by atoms with E-state index in [2.05, 4.69) is 48.1 Å². The van der Waals surface area contributed by atoms with Crippen molar-refractivity contribution in [2.45, 2.75) is 6.42 Å². The van der Waals surface area contributed by atoms with Gasteiger partial charge in [0.2, 0.25) is 0 Å². The highest BCUT2D eigenvalue weighted by atomic mass is 79.9. The maximum Gasteiger partial charge on any atom is 0.160 e. The topological polar surface area (TPSA) is 51.8 Å². The molecule has 1 heterocycles. The molecule has 0 saturated carbocycles. The number of anilines is 1. The molecule has 2 aromatic rings. The van der Waals surface area contributed by atoms with Gasteiger partial charge in [-0.3, -0.25) is 0 Å². The van der Waals surface area contributed by atoms with Crippen LogP contribution in [0.25, 0.3) is 0 Å². The second-order valence-electron chi connectivity index (χ2n) is 3.34. The van der Waals surface area contributed by atoms with Gasteiger partial charge in [0.1, 0.15) is 0 Å². The van der Waals surface area contributed by atoms with E-state index < -0.39 is 0 Å². The minimum atomic E-state index is 0.413. The van der Waals surface area contributed by atoms with E-state index in [1.54, 1.807) is 0 Å². The van der Waals surface area contributed by atoms with E-state index in [9.17, 15) is 0 Å². The van der Waals surface area contributed by atoms with E-state index in [1.165, 1.54) is 5.56 Å². The molecule has 2 rings (SSSR count). The Balaban J connectivity index is 2.28. The van der Waals surface area contributed by atoms with Crippen LogP contribution in [0.3, 0.4) is 0 Å². The number of nitrogen functional groups attached to an aromatic ring is 1. The van der Waals surface area contributed by atoms with Crippen LogP contribution in [-0.4, -0.2) is 10.2 Å². The zero-order chi connectivity index (χ0) is 11.5. The lowest BCUT2D eigenvalue weighted by Crippen LogP contribution is -2.00. The first kappa shape index (κ1) is 11.5. The van der Waals surface area contributed by atoms with Crippen molar-refractivity contribution in [2.24, 2.45) is 0 Å². The van der Waals surface area contributed by atoms with Crippen LogP contribution >= 0.6 is 31.9 Å². The molecule has 2 N–H and O–H groups in total. The van der Waals surface area contributed by atoms with Gasteiger partial charge in [-0.2, -0.15) is 5.10 Å². The molecule has 0 bridgehead atoms. The zero-order valence-corrected chi connectivity index (χ0v) is 11.5. The monoisotopic (exact) mass is 341 g/mol. The summed E-state index contributed by atoms with van der Waals surface area (Å²) >= 11 is 6.84. The summed E-state index contributed by atoms with van der Waals surface area (Å²) in [5.41, 5.74) is 7.64. The fourth-order valence-electron chi connectivity index (χ4n) is 1.34. The van der Waals surface area contributed by atoms with Gasteiger partial charge in [0.25, 0.3) is 0 Å². The summed E-state index contributed by atoms with van der Waals surface area (Å²) in [5.74, 6) is 0.413. The van der Waals surface area contributed by atoms with Gasteiger partial charge < -0.3 is 5.73 Å². The highest BCUT2D eigenvalue weighted by molar-refractivity contribution is 9.10. The fraction of sp³-hybridized carbons (Fsp3) is 0.0909. The Hall–Kier alpha value is -0.940. The number of aromatic nitrogens is 2. The van der Waals surface area contributed by atoms with Crippen molar-refractivity contribution in [3.63, 3.8) is 0 Å². The van der Waals surface area contributed by atoms with Crippen molar-refractivity contribution in [1.29, 1.82) is 0 Å². The van der Waals surface area contributed by atoms with Gasteiger partial charge in [0.05, 0.1) is 10.2 Å². The summed E-state index contributed by atoms with van der Waals surface area (Å²) in [5, 5.41) is 7.92. The summed E-state index contributed by atoms with van der Waals surface area (Å²) in [6.07, 6.45) is 0.729. The smallest absolute Gasteiger partial charge is 0.160 e. The predicted octanol–water partition coefficient (Wildman–Crippen LogP) is 3.17. The molecule has 0 radical (unpaired) electrons. The molecule has 1 aromatic carbocycles. The van der Waals surface area contributed by atoms with Gasteiger partial charge in [-0.05, 0) is 33.6 Å². The van der Waals surface area contributed by atoms with E-state index >= 15 is 0 Å². The molecule has 0 spiro atoms. The highest BCUT2D eigenvalue weighted by Crippen LogP contribution is 2.21. The van der Waals surface area contributed by atoms with Gasteiger partial charge in [-0.15, -0.1) is 5.10 Å². The van der Waals surface area contributed by atoms with E-state index in [-0.39, 0.29) is 0 Å². The average molecular weight is 343 g/mol. The number of benzene rings is 1. The number of halogens is 2. The Bertz CT molecular complexity index is 514. The molecule has 3 nitrogen and oxygen atoms in total. The highest BCUT2D eigenvalue weighted by Gasteiger charge is 2.04. The largest absolute Gasteiger partial charge is 0.381 e. The Morgan fingerprint density at radius 3 is 2.50 bits per heavy atom. The van der Waals surface area contributed by atoms with Gasteiger partial charge in [0.15, 0.2) is 5.82 Å². The Labute approximate surface area is 110 Å². The first-order valence-corrected chi connectivity index (χ1v) is 6.26. The minimum Gasteiger partial charge on any atom is -0.381 e. The average Bonchev–Trinajstić information content (AvgIpc) is 2.27. The maximum atomic E-state index is 5.58. The van der Waals surface area contributed by atoms with E-state index in [0.29, 0.717) is 5.82 Å². The minimum absolute atomic E-state index is 0.413. The molecule has 82 valence electrons. The van der Waals surface area contributed by atoms with E-state index in [1.807, 2.05) is 24.3 Å². The molecule has 16 heavy (non-hydrogen) atoms. The van der Waals surface area contributed by atoms with Crippen LogP contribution in [0.4, 0.5) is 5.82 Å². The number of hydrogen-bond acceptors (Lipinski definition) is 3. The van der Waals surface area contributed by atoms with Crippen molar-refractivity contribution in [3.8, 4) is 0 Å². The summed E-state index contributed by atoms with van der Waals surface area (Å²) in [6.45, 7) is 0. The molecule has 0 saturated heterocycles. The summed E-state index contributed by atoms with van der Waals surface area (Å²) < 4.78 is 1.86. The molecule has 0 aliphatic rings. The maximum absolute atomic E-state index is 5.58. The molecule has 0 aliphatic carbocycles. The fourth-order valence-corrected chi connectivity index (χ4v) is 2.11. The third-order valence-electron chi connectivity index (χ3n) is 2.15. The molecular formula is C11H9Br2N3. The first-order chi connectivity index (χ1) is 7.66. The lowest BCUT2D eigenvalue weighted by Gasteiger charge is -2.04. The van der Waals surface area contributed by atoms with Crippen LogP contribution in [-0.2, 0) is 6.42 Å². The van der Waals surface area contributed by atoms with Gasteiger partial charge >= 0.3 is 0 Å². The Morgan fingerprint density at radius 2 is 1.81 bits per heavy atom. The molecule has 0 fully saturated rings. The van der Waals surface area contributed by atoms with Crippen molar-refractivity contribution in [3.05, 3.63) is 50.5 Å². The van der Waals surface area contributed by atoms with E-state index in [4.69, 9.17) is 5.73 Å². The predicted molar refractivity (Wildman–Crippen MR) is 71.1 cm³/mol. The quantitative estimate of drug-likeness (QED) is 0.911. The third-order valence-corrected chi connectivity index (χ3v) is 3.56. The molecular weight excluding hydrogens is 334 g/mol. The normalized spacial score (nSPS) is 10.4. The van der Waals surface area contributed by atoms with Gasteiger partial charge in [0, 0.05) is 10.9 Å². The van der Waals surface area contributed by atoms with Crippen LogP contribution in [0.1, 0.15) is 11.3 Å². The summed E-state index contributed by atoms with van der Waals surface area (Å²) in [4.78, 5) is 0. The van der Waals surface area contributed by atoms with Gasteiger partial charge in [-0.1, -0.05) is 34.1 Å². The standard InChI is InChI=1S/C11H9Br2N3/c12-9-4-2-1-3-7(9)5-8-6-10(13)11(14)16-15-8/h1-4,6H,5H2,(H2,14,16).